The van der Waals surface area contributed by atoms with Gasteiger partial charge >= 0.3 is 0 Å². The lowest BCUT2D eigenvalue weighted by molar-refractivity contribution is 0.164. The van der Waals surface area contributed by atoms with Crippen molar-refractivity contribution in [2.75, 3.05) is 39.9 Å². The third-order valence-corrected chi connectivity index (χ3v) is 3.69. The summed E-state index contributed by atoms with van der Waals surface area (Å²) in [7, 11) is 2.18. The lowest BCUT2D eigenvalue weighted by Gasteiger charge is -2.29. The van der Waals surface area contributed by atoms with Gasteiger partial charge in [-0.1, -0.05) is 12.1 Å². The highest BCUT2D eigenvalue weighted by Gasteiger charge is 2.25. The predicted molar refractivity (Wildman–Crippen MR) is 70.3 cm³/mol. The predicted octanol–water partition coefficient (Wildman–Crippen LogP) is 1.42. The molecule has 1 atom stereocenters. The van der Waals surface area contributed by atoms with Crippen LogP contribution in [-0.2, 0) is 0 Å². The van der Waals surface area contributed by atoms with E-state index in [1.165, 1.54) is 12.0 Å². The first-order valence-corrected chi connectivity index (χ1v) is 6.66. The van der Waals surface area contributed by atoms with E-state index < -0.39 is 0 Å². The monoisotopic (exact) mass is 248 g/mol. The minimum atomic E-state index is 0.365. The topological polar surface area (TPSA) is 33.7 Å². The molecule has 3 rings (SSSR count). The number of likely N-dealkylation sites (N-methyl/N-ethyl adjacent to an activating group) is 1. The van der Waals surface area contributed by atoms with Gasteiger partial charge in [-0.3, -0.25) is 4.90 Å². The first-order valence-electron chi connectivity index (χ1n) is 6.66. The fraction of sp³-hybridized carbons (Fsp3) is 0.571. The third kappa shape index (κ3) is 2.18. The average Bonchev–Trinajstić information content (AvgIpc) is 2.63. The molecule has 98 valence electrons. The Hall–Kier alpha value is -1.26. The smallest absolute Gasteiger partial charge is 0.166 e. The van der Waals surface area contributed by atoms with Crippen LogP contribution in [0.2, 0.25) is 0 Å². The molecule has 18 heavy (non-hydrogen) atoms. The van der Waals surface area contributed by atoms with Crippen LogP contribution >= 0.6 is 0 Å². The molecule has 4 nitrogen and oxygen atoms in total. The van der Waals surface area contributed by atoms with Crippen molar-refractivity contribution in [2.45, 2.75) is 12.5 Å². The summed E-state index contributed by atoms with van der Waals surface area (Å²) < 4.78 is 11.5. The molecule has 1 unspecified atom stereocenters. The van der Waals surface area contributed by atoms with Gasteiger partial charge in [0.15, 0.2) is 11.5 Å². The van der Waals surface area contributed by atoms with E-state index in [1.54, 1.807) is 0 Å². The molecule has 2 aliphatic rings. The summed E-state index contributed by atoms with van der Waals surface area (Å²) >= 11 is 0. The first-order chi connectivity index (χ1) is 8.86. The lowest BCUT2D eigenvalue weighted by atomic mass is 10.0. The molecular weight excluding hydrogens is 228 g/mol. The Morgan fingerprint density at radius 2 is 2.17 bits per heavy atom. The van der Waals surface area contributed by atoms with E-state index in [9.17, 15) is 0 Å². The highest BCUT2D eigenvalue weighted by Crippen LogP contribution is 2.38. The van der Waals surface area contributed by atoms with Crippen LogP contribution in [0.25, 0.3) is 0 Å². The largest absolute Gasteiger partial charge is 0.486 e. The van der Waals surface area contributed by atoms with Crippen LogP contribution in [0.5, 0.6) is 11.5 Å². The first kappa shape index (κ1) is 11.8. The maximum Gasteiger partial charge on any atom is 0.166 e. The molecule has 4 heteroatoms. The van der Waals surface area contributed by atoms with Crippen molar-refractivity contribution in [1.29, 1.82) is 0 Å². The fourth-order valence-corrected chi connectivity index (χ4v) is 2.71. The summed E-state index contributed by atoms with van der Waals surface area (Å²) in [6.45, 7) is 4.47. The molecule has 0 spiro atoms. The van der Waals surface area contributed by atoms with Gasteiger partial charge in [-0.05, 0) is 32.6 Å². The third-order valence-electron chi connectivity index (χ3n) is 3.69. The van der Waals surface area contributed by atoms with Gasteiger partial charge in [-0.25, -0.2) is 0 Å². The quantitative estimate of drug-likeness (QED) is 0.815. The van der Waals surface area contributed by atoms with Gasteiger partial charge in [0, 0.05) is 12.1 Å². The van der Waals surface area contributed by atoms with Crippen molar-refractivity contribution >= 4 is 0 Å². The number of rotatable bonds is 1. The van der Waals surface area contributed by atoms with E-state index in [0.717, 1.165) is 31.1 Å². The molecule has 0 aromatic heterocycles. The van der Waals surface area contributed by atoms with E-state index in [2.05, 4.69) is 29.4 Å². The second kappa shape index (κ2) is 5.16. The zero-order valence-corrected chi connectivity index (χ0v) is 10.8. The summed E-state index contributed by atoms with van der Waals surface area (Å²) in [6, 6.07) is 6.56. The summed E-state index contributed by atoms with van der Waals surface area (Å²) in [4.78, 5) is 2.40. The molecule has 1 fully saturated rings. The molecule has 0 amide bonds. The number of ether oxygens (including phenoxy) is 2. The van der Waals surface area contributed by atoms with Gasteiger partial charge in [-0.2, -0.15) is 0 Å². The number of benzene rings is 1. The Morgan fingerprint density at radius 3 is 3.11 bits per heavy atom. The van der Waals surface area contributed by atoms with Gasteiger partial charge in [-0.15, -0.1) is 0 Å². The summed E-state index contributed by atoms with van der Waals surface area (Å²) in [6.07, 6.45) is 1.19. The van der Waals surface area contributed by atoms with E-state index in [4.69, 9.17) is 9.47 Å². The Kier molecular flexibility index (Phi) is 3.39. The van der Waals surface area contributed by atoms with Crippen LogP contribution < -0.4 is 14.8 Å². The van der Waals surface area contributed by atoms with Gasteiger partial charge in [0.2, 0.25) is 0 Å². The minimum Gasteiger partial charge on any atom is -0.486 e. The number of para-hydroxylation sites is 1. The van der Waals surface area contributed by atoms with Crippen molar-refractivity contribution in [2.24, 2.45) is 0 Å². The summed E-state index contributed by atoms with van der Waals surface area (Å²) in [5.74, 6) is 1.82. The molecule has 1 aromatic carbocycles. The molecule has 2 heterocycles. The normalized spacial score (nSPS) is 24.6. The van der Waals surface area contributed by atoms with E-state index in [1.807, 2.05) is 6.07 Å². The lowest BCUT2D eigenvalue weighted by Crippen LogP contribution is -2.30. The zero-order valence-electron chi connectivity index (χ0n) is 10.8. The van der Waals surface area contributed by atoms with Gasteiger partial charge in [0.1, 0.15) is 13.2 Å². The number of nitrogens with zero attached hydrogens (tertiary/aromatic N) is 1. The van der Waals surface area contributed by atoms with Crippen molar-refractivity contribution < 1.29 is 9.47 Å². The van der Waals surface area contributed by atoms with Gasteiger partial charge in [0.05, 0.1) is 6.04 Å². The van der Waals surface area contributed by atoms with Crippen LogP contribution in [0.1, 0.15) is 18.0 Å². The standard InChI is InChI=1S/C14H20N2O2/c1-16-7-3-6-15-10-12(16)11-4-2-5-13-14(11)18-9-8-17-13/h2,4-5,12,15H,3,6-10H2,1H3. The summed E-state index contributed by atoms with van der Waals surface area (Å²) in [5, 5.41) is 3.49. The maximum atomic E-state index is 5.82. The highest BCUT2D eigenvalue weighted by molar-refractivity contribution is 5.49. The van der Waals surface area contributed by atoms with Gasteiger partial charge < -0.3 is 14.8 Å². The second-order valence-electron chi connectivity index (χ2n) is 4.93. The fourth-order valence-electron chi connectivity index (χ4n) is 2.71. The van der Waals surface area contributed by atoms with Gasteiger partial charge in [0.25, 0.3) is 0 Å². The van der Waals surface area contributed by atoms with Crippen LogP contribution in [0.4, 0.5) is 0 Å². The minimum absolute atomic E-state index is 0.365. The van der Waals surface area contributed by atoms with Crippen molar-refractivity contribution in [1.82, 2.24) is 10.2 Å². The van der Waals surface area contributed by atoms with Crippen LogP contribution in [0, 0.1) is 0 Å². The molecule has 0 aliphatic carbocycles. The SMILES string of the molecule is CN1CCCNCC1c1cccc2c1OCCO2. The molecule has 2 aliphatic heterocycles. The summed E-state index contributed by atoms with van der Waals surface area (Å²) in [5.41, 5.74) is 1.24. The second-order valence-corrected chi connectivity index (χ2v) is 4.93. The van der Waals surface area contributed by atoms with Crippen molar-refractivity contribution in [3.05, 3.63) is 23.8 Å². The van der Waals surface area contributed by atoms with E-state index in [-0.39, 0.29) is 0 Å². The van der Waals surface area contributed by atoms with Crippen LogP contribution in [-0.4, -0.2) is 44.8 Å². The molecule has 1 saturated heterocycles. The molecule has 0 bridgehead atoms. The molecular formula is C14H20N2O2. The highest BCUT2D eigenvalue weighted by atomic mass is 16.6. The number of hydrogen-bond donors (Lipinski definition) is 1. The Labute approximate surface area is 108 Å². The number of nitrogens with one attached hydrogen (secondary N) is 1. The van der Waals surface area contributed by atoms with Crippen molar-refractivity contribution in [3.8, 4) is 11.5 Å². The molecule has 0 saturated carbocycles. The van der Waals surface area contributed by atoms with Crippen LogP contribution in [0.15, 0.2) is 18.2 Å². The number of hydrogen-bond acceptors (Lipinski definition) is 4. The molecule has 1 N–H and O–H groups in total. The van der Waals surface area contributed by atoms with E-state index in [0.29, 0.717) is 19.3 Å². The zero-order chi connectivity index (χ0) is 12.4. The Bertz CT molecular complexity index is 422. The molecule has 1 aromatic rings. The number of fused-ring (bicyclic) bond motifs is 1. The Morgan fingerprint density at radius 1 is 1.28 bits per heavy atom. The Balaban J connectivity index is 1.94. The average molecular weight is 248 g/mol. The molecule has 0 radical (unpaired) electrons. The maximum absolute atomic E-state index is 5.82. The van der Waals surface area contributed by atoms with E-state index >= 15 is 0 Å². The van der Waals surface area contributed by atoms with Crippen molar-refractivity contribution in [3.63, 3.8) is 0 Å². The van der Waals surface area contributed by atoms with Crippen LogP contribution in [0.3, 0.4) is 0 Å².